The molecular weight excluding hydrogens is 378 g/mol. The number of nitrogens with zero attached hydrogens (tertiary/aromatic N) is 4. The Morgan fingerprint density at radius 2 is 2.03 bits per heavy atom. The lowest BCUT2D eigenvalue weighted by Crippen LogP contribution is -2.49. The van der Waals surface area contributed by atoms with Gasteiger partial charge >= 0.3 is 0 Å². The van der Waals surface area contributed by atoms with Gasteiger partial charge in [0.15, 0.2) is 0 Å². The molecule has 3 aromatic rings. The summed E-state index contributed by atoms with van der Waals surface area (Å²) in [5.74, 6) is 0.376. The lowest BCUT2D eigenvalue weighted by atomic mass is 9.98. The minimum Gasteiger partial charge on any atom is -0.361 e. The van der Waals surface area contributed by atoms with Crippen molar-refractivity contribution in [3.8, 4) is 0 Å². The summed E-state index contributed by atoms with van der Waals surface area (Å²) < 4.78 is 1.71. The average molecular weight is 410 g/mol. The molecule has 160 valence electrons. The molecule has 0 bridgehead atoms. The van der Waals surface area contributed by atoms with Crippen LogP contribution in [0.4, 0.5) is 0 Å². The summed E-state index contributed by atoms with van der Waals surface area (Å²) in [6, 6.07) is 7.51. The van der Waals surface area contributed by atoms with E-state index in [1.54, 1.807) is 4.68 Å². The molecule has 3 atom stereocenters. The van der Waals surface area contributed by atoms with E-state index >= 15 is 0 Å². The number of carbonyl (C=O) groups is 1. The van der Waals surface area contributed by atoms with Gasteiger partial charge in [0.1, 0.15) is 6.04 Å². The molecule has 1 aromatic carbocycles. The molecule has 0 saturated carbocycles. The number of hydrogen-bond acceptors (Lipinski definition) is 5. The van der Waals surface area contributed by atoms with Crippen LogP contribution in [0.1, 0.15) is 43.6 Å². The van der Waals surface area contributed by atoms with Gasteiger partial charge in [-0.25, -0.2) is 4.68 Å². The molecule has 0 aliphatic carbocycles. The standard InChI is InChI=1S/C22H31N7O/c1-3-15(2)21(23)19-14-29(27-26-19)20(22(30)28-10-8-24-9-11-28)12-16-13-25-18-7-5-4-6-17(16)18/h4-7,13-15,20-21,24-25H,3,8-12,23H2,1-2H3/t15?,20-,21?/m0/s1. The molecule has 8 heteroatoms. The maximum atomic E-state index is 13.5. The van der Waals surface area contributed by atoms with Crippen LogP contribution >= 0.6 is 0 Å². The number of carbonyl (C=O) groups excluding carboxylic acids is 1. The van der Waals surface area contributed by atoms with Crippen molar-refractivity contribution in [3.63, 3.8) is 0 Å². The summed E-state index contributed by atoms with van der Waals surface area (Å²) in [5.41, 5.74) is 9.27. The first-order valence-corrected chi connectivity index (χ1v) is 10.8. The molecule has 0 spiro atoms. The molecule has 1 aliphatic heterocycles. The topological polar surface area (TPSA) is 105 Å². The number of fused-ring (bicyclic) bond motifs is 1. The van der Waals surface area contributed by atoms with Gasteiger partial charge in [-0.1, -0.05) is 43.7 Å². The van der Waals surface area contributed by atoms with Gasteiger partial charge in [0.25, 0.3) is 0 Å². The molecule has 1 saturated heterocycles. The number of nitrogens with two attached hydrogens (primary N) is 1. The van der Waals surface area contributed by atoms with Crippen LogP contribution in [0.25, 0.3) is 10.9 Å². The third-order valence-corrected chi connectivity index (χ3v) is 6.25. The van der Waals surface area contributed by atoms with Crippen LogP contribution in [0, 0.1) is 5.92 Å². The van der Waals surface area contributed by atoms with Gasteiger partial charge in [-0.05, 0) is 17.5 Å². The number of aromatic amines is 1. The van der Waals surface area contributed by atoms with Gasteiger partial charge in [0.05, 0.1) is 17.9 Å². The van der Waals surface area contributed by atoms with Crippen molar-refractivity contribution in [2.24, 2.45) is 11.7 Å². The number of nitrogens with one attached hydrogen (secondary N) is 2. The largest absolute Gasteiger partial charge is 0.361 e. The van der Waals surface area contributed by atoms with Gasteiger partial charge in [0.2, 0.25) is 5.91 Å². The van der Waals surface area contributed by atoms with Crippen molar-refractivity contribution < 1.29 is 4.79 Å². The number of rotatable bonds is 7. The van der Waals surface area contributed by atoms with Gasteiger partial charge in [-0.3, -0.25) is 4.79 Å². The molecule has 1 amide bonds. The molecule has 0 radical (unpaired) electrons. The minimum atomic E-state index is -0.451. The summed E-state index contributed by atoms with van der Waals surface area (Å²) in [6.07, 6.45) is 5.36. The fourth-order valence-corrected chi connectivity index (χ4v) is 4.04. The second-order valence-electron chi connectivity index (χ2n) is 8.19. The van der Waals surface area contributed by atoms with Crippen LogP contribution in [0.2, 0.25) is 0 Å². The van der Waals surface area contributed by atoms with E-state index in [1.807, 2.05) is 35.5 Å². The van der Waals surface area contributed by atoms with Crippen molar-refractivity contribution in [1.82, 2.24) is 30.2 Å². The summed E-state index contributed by atoms with van der Waals surface area (Å²) in [4.78, 5) is 18.7. The highest BCUT2D eigenvalue weighted by Gasteiger charge is 2.30. The van der Waals surface area contributed by atoms with Gasteiger partial charge in [-0.15, -0.1) is 5.10 Å². The Bertz CT molecular complexity index is 988. The van der Waals surface area contributed by atoms with E-state index in [4.69, 9.17) is 5.73 Å². The molecule has 2 unspecified atom stereocenters. The monoisotopic (exact) mass is 409 g/mol. The van der Waals surface area contributed by atoms with E-state index < -0.39 is 6.04 Å². The highest BCUT2D eigenvalue weighted by molar-refractivity contribution is 5.85. The number of amides is 1. The third-order valence-electron chi connectivity index (χ3n) is 6.25. The van der Waals surface area contributed by atoms with Crippen LogP contribution in [0.5, 0.6) is 0 Å². The Kier molecular flexibility index (Phi) is 6.15. The van der Waals surface area contributed by atoms with E-state index in [0.29, 0.717) is 25.4 Å². The highest BCUT2D eigenvalue weighted by Crippen LogP contribution is 2.26. The zero-order chi connectivity index (χ0) is 21.1. The van der Waals surface area contributed by atoms with E-state index in [2.05, 4.69) is 40.5 Å². The first-order valence-electron chi connectivity index (χ1n) is 10.8. The number of para-hydroxylation sites is 1. The first-order chi connectivity index (χ1) is 14.6. The van der Waals surface area contributed by atoms with Crippen LogP contribution in [-0.4, -0.2) is 57.0 Å². The minimum absolute atomic E-state index is 0.0790. The number of piperazine rings is 1. The normalized spacial score (nSPS) is 17.8. The van der Waals surface area contributed by atoms with Crippen LogP contribution in [-0.2, 0) is 11.2 Å². The maximum Gasteiger partial charge on any atom is 0.247 e. The SMILES string of the molecule is CCC(C)C(N)c1cn([C@@H](Cc2c[nH]c3ccccc23)C(=O)N2CCNCC2)nn1. The van der Waals surface area contributed by atoms with Crippen molar-refractivity contribution in [2.45, 2.75) is 38.8 Å². The molecule has 4 rings (SSSR count). The molecule has 1 aliphatic rings. The quantitative estimate of drug-likeness (QED) is 0.554. The second-order valence-corrected chi connectivity index (χ2v) is 8.19. The lowest BCUT2D eigenvalue weighted by molar-refractivity contribution is -0.135. The molecule has 30 heavy (non-hydrogen) atoms. The van der Waals surface area contributed by atoms with Gasteiger partial charge in [-0.2, -0.15) is 0 Å². The predicted molar refractivity (Wildman–Crippen MR) is 117 cm³/mol. The summed E-state index contributed by atoms with van der Waals surface area (Å²) in [5, 5.41) is 13.1. The number of benzene rings is 1. The summed E-state index contributed by atoms with van der Waals surface area (Å²) in [6.45, 7) is 7.26. The van der Waals surface area contributed by atoms with Crippen molar-refractivity contribution in [2.75, 3.05) is 26.2 Å². The molecular formula is C22H31N7O. The van der Waals surface area contributed by atoms with Crippen LogP contribution in [0.3, 0.4) is 0 Å². The first kappa shape index (κ1) is 20.6. The predicted octanol–water partition coefficient (Wildman–Crippen LogP) is 2.02. The fraction of sp³-hybridized carbons (Fsp3) is 0.500. The summed E-state index contributed by atoms with van der Waals surface area (Å²) >= 11 is 0. The summed E-state index contributed by atoms with van der Waals surface area (Å²) in [7, 11) is 0. The van der Waals surface area contributed by atoms with E-state index in [1.165, 1.54) is 0 Å². The molecule has 3 heterocycles. The lowest BCUT2D eigenvalue weighted by Gasteiger charge is -2.30. The van der Waals surface area contributed by atoms with Crippen molar-refractivity contribution in [3.05, 3.63) is 47.9 Å². The maximum absolute atomic E-state index is 13.5. The van der Waals surface area contributed by atoms with Gasteiger partial charge < -0.3 is 20.9 Å². The molecule has 8 nitrogen and oxygen atoms in total. The molecule has 2 aromatic heterocycles. The van der Waals surface area contributed by atoms with Crippen molar-refractivity contribution in [1.29, 1.82) is 0 Å². The van der Waals surface area contributed by atoms with Crippen molar-refractivity contribution >= 4 is 16.8 Å². The number of hydrogen-bond donors (Lipinski definition) is 3. The Hall–Kier alpha value is -2.71. The Morgan fingerprint density at radius 3 is 2.80 bits per heavy atom. The highest BCUT2D eigenvalue weighted by atomic mass is 16.2. The van der Waals surface area contributed by atoms with E-state index in [-0.39, 0.29) is 11.9 Å². The van der Waals surface area contributed by atoms with E-state index in [0.717, 1.165) is 41.7 Å². The van der Waals surface area contributed by atoms with Crippen LogP contribution in [0.15, 0.2) is 36.7 Å². The van der Waals surface area contributed by atoms with E-state index in [9.17, 15) is 4.79 Å². The smallest absolute Gasteiger partial charge is 0.247 e. The molecule has 1 fully saturated rings. The number of H-pyrrole nitrogens is 1. The molecule has 4 N–H and O–H groups in total. The Labute approximate surface area is 176 Å². The fourth-order valence-electron chi connectivity index (χ4n) is 4.04. The Morgan fingerprint density at radius 1 is 1.27 bits per heavy atom. The average Bonchev–Trinajstić information content (AvgIpc) is 3.44. The second kappa shape index (κ2) is 8.97. The van der Waals surface area contributed by atoms with Crippen LogP contribution < -0.4 is 11.1 Å². The third kappa shape index (κ3) is 4.11. The number of aromatic nitrogens is 4. The zero-order valence-electron chi connectivity index (χ0n) is 17.7. The Balaban J connectivity index is 1.65. The zero-order valence-corrected chi connectivity index (χ0v) is 17.7. The van der Waals surface area contributed by atoms with Gasteiger partial charge in [0, 0.05) is 49.7 Å².